The minimum Gasteiger partial charge on any atom is -0.391 e. The molecule has 0 bridgehead atoms. The van der Waals surface area contributed by atoms with E-state index in [1.54, 1.807) is 25.3 Å². The van der Waals surface area contributed by atoms with Crippen LogP contribution < -0.4 is 10.6 Å². The molecule has 0 spiro atoms. The van der Waals surface area contributed by atoms with Crippen molar-refractivity contribution in [3.8, 4) is 0 Å². The average Bonchev–Trinajstić information content (AvgIpc) is 3.13. The number of hydrogen-bond acceptors (Lipinski definition) is 4. The van der Waals surface area contributed by atoms with Crippen LogP contribution in [-0.4, -0.2) is 39.4 Å². The standard InChI is InChI=1S/C23H28FN3O4/c1-4-18(14(3)28)26-23(31)21(29)20-12-16(19-7-5-6-10-27(19)20)22(30)25-15-8-9-17(24)13(2)11-15/h8-9,11-12,14,18,28H,4-7,10H2,1-3H3,(H,25,30)(H,26,31)/t14-,18-/m1/s1. The van der Waals surface area contributed by atoms with Gasteiger partial charge in [-0.3, -0.25) is 14.4 Å². The number of rotatable bonds is 7. The van der Waals surface area contributed by atoms with E-state index in [9.17, 15) is 23.9 Å². The van der Waals surface area contributed by atoms with Crippen LogP contribution in [-0.2, 0) is 17.8 Å². The number of nitrogens with one attached hydrogen (secondary N) is 2. The van der Waals surface area contributed by atoms with Gasteiger partial charge in [0.15, 0.2) is 0 Å². The molecule has 2 heterocycles. The fourth-order valence-electron chi connectivity index (χ4n) is 3.90. The maximum absolute atomic E-state index is 13.5. The van der Waals surface area contributed by atoms with Crippen molar-refractivity contribution >= 4 is 23.3 Å². The number of aryl methyl sites for hydroxylation is 1. The van der Waals surface area contributed by atoms with Gasteiger partial charge in [0, 0.05) is 17.9 Å². The van der Waals surface area contributed by atoms with Gasteiger partial charge in [-0.25, -0.2) is 4.39 Å². The smallest absolute Gasteiger partial charge is 0.294 e. The number of aliphatic hydroxyl groups excluding tert-OH is 1. The summed E-state index contributed by atoms with van der Waals surface area (Å²) in [6, 6.07) is 5.22. The van der Waals surface area contributed by atoms with Gasteiger partial charge in [0.1, 0.15) is 5.82 Å². The number of anilines is 1. The molecule has 1 aromatic heterocycles. The van der Waals surface area contributed by atoms with Gasteiger partial charge >= 0.3 is 0 Å². The van der Waals surface area contributed by atoms with Crippen LogP contribution in [0.1, 0.15) is 65.2 Å². The number of nitrogens with zero attached hydrogens (tertiary/aromatic N) is 1. The van der Waals surface area contributed by atoms with E-state index in [0.29, 0.717) is 41.9 Å². The lowest BCUT2D eigenvalue weighted by Gasteiger charge is -2.20. The van der Waals surface area contributed by atoms with Gasteiger partial charge in [-0.1, -0.05) is 6.92 Å². The van der Waals surface area contributed by atoms with Crippen molar-refractivity contribution in [1.29, 1.82) is 0 Å². The Morgan fingerprint density at radius 3 is 2.61 bits per heavy atom. The van der Waals surface area contributed by atoms with Crippen LogP contribution >= 0.6 is 0 Å². The summed E-state index contributed by atoms with van der Waals surface area (Å²) in [5.41, 5.74) is 2.07. The maximum atomic E-state index is 13.5. The van der Waals surface area contributed by atoms with Gasteiger partial charge in [-0.05, 0) is 69.4 Å². The SMILES string of the molecule is CC[C@@H](NC(=O)C(=O)c1cc(C(=O)Nc2ccc(F)c(C)c2)c2n1CCCC2)[C@@H](C)O. The molecule has 31 heavy (non-hydrogen) atoms. The molecular weight excluding hydrogens is 401 g/mol. The third-order valence-corrected chi connectivity index (χ3v) is 5.69. The van der Waals surface area contributed by atoms with Crippen molar-refractivity contribution in [2.45, 2.75) is 65.1 Å². The van der Waals surface area contributed by atoms with Crippen molar-refractivity contribution in [1.82, 2.24) is 9.88 Å². The molecule has 2 amide bonds. The number of aliphatic hydroxyl groups is 1. The molecule has 0 unspecified atom stereocenters. The van der Waals surface area contributed by atoms with E-state index < -0.39 is 29.7 Å². The zero-order valence-electron chi connectivity index (χ0n) is 18.0. The summed E-state index contributed by atoms with van der Waals surface area (Å²) in [5.74, 6) is -2.31. The first-order chi connectivity index (χ1) is 14.7. The molecule has 0 radical (unpaired) electrons. The summed E-state index contributed by atoms with van der Waals surface area (Å²) >= 11 is 0. The molecule has 1 aromatic carbocycles. The monoisotopic (exact) mass is 429 g/mol. The Hall–Kier alpha value is -3.00. The zero-order chi connectivity index (χ0) is 22.7. The van der Waals surface area contributed by atoms with E-state index in [-0.39, 0.29) is 11.5 Å². The van der Waals surface area contributed by atoms with Crippen molar-refractivity contribution in [2.24, 2.45) is 0 Å². The van der Waals surface area contributed by atoms with Crippen molar-refractivity contribution in [2.75, 3.05) is 5.32 Å². The van der Waals surface area contributed by atoms with Gasteiger partial charge < -0.3 is 20.3 Å². The molecule has 0 saturated carbocycles. The van der Waals surface area contributed by atoms with E-state index in [0.717, 1.165) is 12.8 Å². The summed E-state index contributed by atoms with van der Waals surface area (Å²) in [4.78, 5) is 38.3. The molecular formula is C23H28FN3O4. The Morgan fingerprint density at radius 1 is 1.23 bits per heavy atom. The van der Waals surface area contributed by atoms with Gasteiger partial charge in [0.05, 0.1) is 23.4 Å². The van der Waals surface area contributed by atoms with E-state index in [4.69, 9.17) is 0 Å². The first kappa shape index (κ1) is 22.7. The summed E-state index contributed by atoms with van der Waals surface area (Å²) in [6.07, 6.45) is 2.02. The molecule has 7 nitrogen and oxygen atoms in total. The highest BCUT2D eigenvalue weighted by Crippen LogP contribution is 2.25. The quantitative estimate of drug-likeness (QED) is 0.465. The van der Waals surface area contributed by atoms with E-state index >= 15 is 0 Å². The number of hydrogen-bond donors (Lipinski definition) is 3. The largest absolute Gasteiger partial charge is 0.391 e. The lowest BCUT2D eigenvalue weighted by atomic mass is 10.1. The van der Waals surface area contributed by atoms with E-state index in [1.165, 1.54) is 24.3 Å². The van der Waals surface area contributed by atoms with Gasteiger partial charge in [-0.15, -0.1) is 0 Å². The third kappa shape index (κ3) is 4.85. The Kier molecular flexibility index (Phi) is 6.90. The second kappa shape index (κ2) is 9.43. The first-order valence-corrected chi connectivity index (χ1v) is 10.6. The number of carbonyl (C=O) groups excluding carboxylic acids is 3. The molecule has 1 aliphatic heterocycles. The number of amides is 2. The predicted molar refractivity (Wildman–Crippen MR) is 115 cm³/mol. The number of carbonyl (C=O) groups is 3. The first-order valence-electron chi connectivity index (χ1n) is 10.6. The minimum absolute atomic E-state index is 0.160. The molecule has 8 heteroatoms. The molecule has 0 aliphatic carbocycles. The van der Waals surface area contributed by atoms with Crippen LogP contribution in [0.2, 0.25) is 0 Å². The fraction of sp³-hybridized carbons (Fsp3) is 0.435. The Labute approximate surface area is 180 Å². The topological polar surface area (TPSA) is 100 Å². The number of halogens is 1. The normalized spacial score (nSPS) is 15.0. The summed E-state index contributed by atoms with van der Waals surface area (Å²) in [6.45, 7) is 5.51. The lowest BCUT2D eigenvalue weighted by molar-refractivity contribution is -0.118. The van der Waals surface area contributed by atoms with E-state index in [1.807, 2.05) is 0 Å². The summed E-state index contributed by atoms with van der Waals surface area (Å²) in [5, 5.41) is 15.1. The van der Waals surface area contributed by atoms with Crippen LogP contribution in [0.25, 0.3) is 0 Å². The fourth-order valence-corrected chi connectivity index (χ4v) is 3.90. The van der Waals surface area contributed by atoms with Crippen LogP contribution in [0.5, 0.6) is 0 Å². The average molecular weight is 429 g/mol. The maximum Gasteiger partial charge on any atom is 0.294 e. The third-order valence-electron chi connectivity index (χ3n) is 5.69. The Balaban J connectivity index is 1.88. The molecule has 166 valence electrons. The van der Waals surface area contributed by atoms with E-state index in [2.05, 4.69) is 10.6 Å². The predicted octanol–water partition coefficient (Wildman–Crippen LogP) is 2.98. The zero-order valence-corrected chi connectivity index (χ0v) is 18.0. The molecule has 2 aromatic rings. The summed E-state index contributed by atoms with van der Waals surface area (Å²) < 4.78 is 15.2. The van der Waals surface area contributed by atoms with Gasteiger partial charge in [-0.2, -0.15) is 0 Å². The second-order valence-corrected chi connectivity index (χ2v) is 7.97. The van der Waals surface area contributed by atoms with Crippen LogP contribution in [0.3, 0.4) is 0 Å². The molecule has 0 saturated heterocycles. The molecule has 2 atom stereocenters. The molecule has 3 rings (SSSR count). The Bertz CT molecular complexity index is 1010. The highest BCUT2D eigenvalue weighted by molar-refractivity contribution is 6.42. The number of fused-ring (bicyclic) bond motifs is 1. The minimum atomic E-state index is -0.806. The lowest BCUT2D eigenvalue weighted by Crippen LogP contribution is -2.45. The number of Topliss-reactive ketones (excluding diaryl/α,β-unsaturated/α-hetero) is 1. The van der Waals surface area contributed by atoms with Gasteiger partial charge in [0.2, 0.25) is 0 Å². The Morgan fingerprint density at radius 2 is 1.97 bits per heavy atom. The molecule has 1 aliphatic rings. The molecule has 0 fully saturated rings. The number of benzene rings is 1. The number of ketones is 1. The number of aromatic nitrogens is 1. The van der Waals surface area contributed by atoms with Crippen molar-refractivity contribution < 1.29 is 23.9 Å². The molecule has 3 N–H and O–H groups in total. The van der Waals surface area contributed by atoms with Crippen LogP contribution in [0, 0.1) is 12.7 Å². The van der Waals surface area contributed by atoms with Crippen LogP contribution in [0.4, 0.5) is 10.1 Å². The highest BCUT2D eigenvalue weighted by Gasteiger charge is 2.30. The van der Waals surface area contributed by atoms with Crippen molar-refractivity contribution in [3.05, 3.63) is 52.6 Å². The highest BCUT2D eigenvalue weighted by atomic mass is 19.1. The van der Waals surface area contributed by atoms with Gasteiger partial charge in [0.25, 0.3) is 17.6 Å². The summed E-state index contributed by atoms with van der Waals surface area (Å²) in [7, 11) is 0. The second-order valence-electron chi connectivity index (χ2n) is 7.97. The van der Waals surface area contributed by atoms with Crippen LogP contribution in [0.15, 0.2) is 24.3 Å². The van der Waals surface area contributed by atoms with Crippen molar-refractivity contribution in [3.63, 3.8) is 0 Å².